The van der Waals surface area contributed by atoms with Gasteiger partial charge in [-0.05, 0) is 31.4 Å². The molecule has 124 valence electrons. The Balaban J connectivity index is 1.52. The molecular weight excluding hydrogens is 290 g/mol. The summed E-state index contributed by atoms with van der Waals surface area (Å²) in [5.74, 6) is 1.86. The summed E-state index contributed by atoms with van der Waals surface area (Å²) in [6.07, 6.45) is 2.98. The minimum absolute atomic E-state index is 0.0889. The maximum Gasteiger partial charge on any atom is 0.233 e. The van der Waals surface area contributed by atoms with Gasteiger partial charge in [-0.15, -0.1) is 10.2 Å². The lowest BCUT2D eigenvalue weighted by Crippen LogP contribution is -2.48. The predicted molar refractivity (Wildman–Crippen MR) is 87.7 cm³/mol. The monoisotopic (exact) mass is 315 g/mol. The van der Waals surface area contributed by atoms with Gasteiger partial charge in [0.15, 0.2) is 0 Å². The fraction of sp³-hybridized carbons (Fsp3) is 0.588. The summed E-state index contributed by atoms with van der Waals surface area (Å²) in [4.78, 5) is 6.90. The number of aromatic nitrogens is 3. The highest BCUT2D eigenvalue weighted by atomic mass is 16.4. The smallest absolute Gasteiger partial charge is 0.233 e. The molecule has 3 heterocycles. The van der Waals surface area contributed by atoms with Gasteiger partial charge in [0, 0.05) is 38.8 Å². The van der Waals surface area contributed by atoms with Gasteiger partial charge in [0.1, 0.15) is 0 Å². The van der Waals surface area contributed by atoms with Gasteiger partial charge in [0.2, 0.25) is 11.8 Å². The second kappa shape index (κ2) is 7.19. The van der Waals surface area contributed by atoms with Gasteiger partial charge in [-0.1, -0.05) is 13.0 Å². The molecule has 0 aliphatic carbocycles. The van der Waals surface area contributed by atoms with Crippen LogP contribution >= 0.6 is 0 Å². The van der Waals surface area contributed by atoms with Crippen molar-refractivity contribution in [2.24, 2.45) is 5.92 Å². The lowest BCUT2D eigenvalue weighted by molar-refractivity contribution is 0.131. The number of aryl methyl sites for hydroxylation is 1. The molecule has 0 aromatic carbocycles. The Morgan fingerprint density at radius 3 is 2.91 bits per heavy atom. The normalized spacial score (nSPS) is 23.8. The van der Waals surface area contributed by atoms with E-state index in [4.69, 9.17) is 4.42 Å². The molecule has 0 amide bonds. The number of hydrogen-bond acceptors (Lipinski definition) is 6. The Morgan fingerprint density at radius 1 is 1.39 bits per heavy atom. The van der Waals surface area contributed by atoms with E-state index in [1.807, 2.05) is 25.3 Å². The average Bonchev–Trinajstić information content (AvgIpc) is 2.98. The molecule has 0 saturated carbocycles. The second-order valence-electron chi connectivity index (χ2n) is 6.48. The molecule has 1 fully saturated rings. The molecule has 6 heteroatoms. The molecule has 1 aliphatic rings. The highest BCUT2D eigenvalue weighted by Gasteiger charge is 2.28. The van der Waals surface area contributed by atoms with Gasteiger partial charge >= 0.3 is 0 Å². The Bertz CT molecular complexity index is 614. The number of nitrogens with one attached hydrogen (secondary N) is 1. The molecule has 0 radical (unpaired) electrons. The third-order valence-corrected chi connectivity index (χ3v) is 4.48. The summed E-state index contributed by atoms with van der Waals surface area (Å²) in [5.41, 5.74) is 1.14. The van der Waals surface area contributed by atoms with Crippen LogP contribution in [-0.4, -0.2) is 39.2 Å². The number of pyridine rings is 1. The minimum Gasteiger partial charge on any atom is -0.424 e. The highest BCUT2D eigenvalue weighted by Crippen LogP contribution is 2.21. The van der Waals surface area contributed by atoms with Crippen molar-refractivity contribution in [3.05, 3.63) is 41.9 Å². The second-order valence-corrected chi connectivity index (χ2v) is 6.48. The zero-order valence-electron chi connectivity index (χ0n) is 14.1. The topological polar surface area (TPSA) is 67.1 Å². The molecule has 0 spiro atoms. The summed E-state index contributed by atoms with van der Waals surface area (Å²) in [5, 5.41) is 11.7. The maximum absolute atomic E-state index is 5.52. The lowest BCUT2D eigenvalue weighted by atomic mass is 9.93. The Morgan fingerprint density at radius 2 is 2.26 bits per heavy atom. The molecule has 1 saturated heterocycles. The molecule has 3 atom stereocenters. The van der Waals surface area contributed by atoms with E-state index in [2.05, 4.69) is 45.3 Å². The van der Waals surface area contributed by atoms with E-state index >= 15 is 0 Å². The highest BCUT2D eigenvalue weighted by molar-refractivity contribution is 5.03. The summed E-state index contributed by atoms with van der Waals surface area (Å²) in [7, 11) is 0. The predicted octanol–water partition coefficient (Wildman–Crippen LogP) is 2.33. The van der Waals surface area contributed by atoms with Crippen molar-refractivity contribution >= 4 is 0 Å². The van der Waals surface area contributed by atoms with E-state index in [1.54, 1.807) is 0 Å². The summed E-state index contributed by atoms with van der Waals surface area (Å²) in [6, 6.07) is 6.66. The summed E-state index contributed by atoms with van der Waals surface area (Å²) >= 11 is 0. The van der Waals surface area contributed by atoms with Gasteiger partial charge in [-0.25, -0.2) is 0 Å². The van der Waals surface area contributed by atoms with Crippen LogP contribution in [0.15, 0.2) is 28.8 Å². The van der Waals surface area contributed by atoms with Crippen molar-refractivity contribution in [1.82, 2.24) is 25.4 Å². The molecule has 3 rings (SSSR count). The summed E-state index contributed by atoms with van der Waals surface area (Å²) < 4.78 is 5.52. The van der Waals surface area contributed by atoms with Gasteiger partial charge in [-0.2, -0.15) is 0 Å². The van der Waals surface area contributed by atoms with Crippen LogP contribution in [-0.2, 0) is 6.54 Å². The van der Waals surface area contributed by atoms with Crippen molar-refractivity contribution in [3.8, 4) is 0 Å². The first-order valence-corrected chi connectivity index (χ1v) is 8.30. The van der Waals surface area contributed by atoms with Crippen LogP contribution in [0, 0.1) is 12.8 Å². The zero-order valence-corrected chi connectivity index (χ0v) is 14.1. The Kier molecular flexibility index (Phi) is 5.03. The van der Waals surface area contributed by atoms with Gasteiger partial charge in [-0.3, -0.25) is 9.88 Å². The van der Waals surface area contributed by atoms with Crippen molar-refractivity contribution < 1.29 is 4.42 Å². The molecule has 0 unspecified atom stereocenters. The van der Waals surface area contributed by atoms with Crippen LogP contribution in [0.2, 0.25) is 0 Å². The largest absolute Gasteiger partial charge is 0.424 e. The number of hydrogen-bond donors (Lipinski definition) is 1. The fourth-order valence-corrected chi connectivity index (χ4v) is 3.22. The SMILES string of the molecule is Cc1nnc([C@H](C)N[C@@H]2CCN(Cc3ccccn3)C[C@@H]2C)o1. The first kappa shape index (κ1) is 16.1. The van der Waals surface area contributed by atoms with Crippen LogP contribution in [0.5, 0.6) is 0 Å². The van der Waals surface area contributed by atoms with E-state index in [9.17, 15) is 0 Å². The van der Waals surface area contributed by atoms with Crippen LogP contribution in [0.3, 0.4) is 0 Å². The Hall–Kier alpha value is -1.79. The molecular formula is C17H25N5O. The van der Waals surface area contributed by atoms with Crippen molar-refractivity contribution in [3.63, 3.8) is 0 Å². The van der Waals surface area contributed by atoms with Crippen molar-refractivity contribution in [2.75, 3.05) is 13.1 Å². The van der Waals surface area contributed by atoms with Crippen LogP contribution in [0.25, 0.3) is 0 Å². The van der Waals surface area contributed by atoms with Crippen molar-refractivity contribution in [1.29, 1.82) is 0 Å². The van der Waals surface area contributed by atoms with Gasteiger partial charge < -0.3 is 9.73 Å². The molecule has 1 aliphatic heterocycles. The van der Waals surface area contributed by atoms with Crippen molar-refractivity contribution in [2.45, 2.75) is 45.8 Å². The molecule has 23 heavy (non-hydrogen) atoms. The quantitative estimate of drug-likeness (QED) is 0.913. The minimum atomic E-state index is 0.0889. The third kappa shape index (κ3) is 4.14. The first-order chi connectivity index (χ1) is 11.1. The van der Waals surface area contributed by atoms with E-state index in [0.29, 0.717) is 23.7 Å². The Labute approximate surface area is 137 Å². The molecule has 6 nitrogen and oxygen atoms in total. The van der Waals surface area contributed by atoms with E-state index in [0.717, 1.165) is 31.7 Å². The van der Waals surface area contributed by atoms with E-state index in [-0.39, 0.29) is 6.04 Å². The molecule has 2 aromatic rings. The fourth-order valence-electron chi connectivity index (χ4n) is 3.22. The van der Waals surface area contributed by atoms with Crippen LogP contribution < -0.4 is 5.32 Å². The number of nitrogens with zero attached hydrogens (tertiary/aromatic N) is 4. The third-order valence-electron chi connectivity index (χ3n) is 4.48. The van der Waals surface area contributed by atoms with Crippen LogP contribution in [0.1, 0.15) is 43.8 Å². The maximum atomic E-state index is 5.52. The van der Waals surface area contributed by atoms with Crippen LogP contribution in [0.4, 0.5) is 0 Å². The number of rotatable bonds is 5. The number of piperidine rings is 1. The van der Waals surface area contributed by atoms with Gasteiger partial charge in [0.05, 0.1) is 11.7 Å². The summed E-state index contributed by atoms with van der Waals surface area (Å²) in [6.45, 7) is 9.28. The standard InChI is InChI=1S/C17H25N5O/c1-12-10-22(11-15-6-4-5-8-18-15)9-7-16(12)19-13(2)17-21-20-14(3)23-17/h4-6,8,12-13,16,19H,7,9-11H2,1-3H3/t12-,13-,16+/m0/s1. The lowest BCUT2D eigenvalue weighted by Gasteiger charge is -2.38. The first-order valence-electron chi connectivity index (χ1n) is 8.30. The zero-order chi connectivity index (χ0) is 16.2. The molecule has 1 N–H and O–H groups in total. The average molecular weight is 315 g/mol. The van der Waals surface area contributed by atoms with Gasteiger partial charge in [0.25, 0.3) is 0 Å². The van der Waals surface area contributed by atoms with E-state index in [1.165, 1.54) is 0 Å². The molecule has 0 bridgehead atoms. The number of likely N-dealkylation sites (tertiary alicyclic amines) is 1. The molecule has 2 aromatic heterocycles. The van der Waals surface area contributed by atoms with E-state index < -0.39 is 0 Å².